The van der Waals surface area contributed by atoms with Crippen molar-refractivity contribution in [3.63, 3.8) is 0 Å². The van der Waals surface area contributed by atoms with Gasteiger partial charge in [0.25, 0.3) is 0 Å². The van der Waals surface area contributed by atoms with Crippen LogP contribution in [0.2, 0.25) is 0 Å². The predicted octanol–water partition coefficient (Wildman–Crippen LogP) is 7.34. The number of aliphatic hydroxyl groups is 1. The summed E-state index contributed by atoms with van der Waals surface area (Å²) in [7, 11) is 0. The first-order chi connectivity index (χ1) is 13.2. The van der Waals surface area contributed by atoms with Crippen molar-refractivity contribution < 1.29 is 14.6 Å². The van der Waals surface area contributed by atoms with E-state index in [9.17, 15) is 9.90 Å². The number of carbonyl (C=O) groups is 1. The number of rotatable bonds is 21. The number of aliphatic hydroxyl groups excluding tert-OH is 1. The molecule has 0 saturated carbocycles. The normalized spacial score (nSPS) is 12.3. The van der Waals surface area contributed by atoms with E-state index in [1.165, 1.54) is 83.5 Å². The first-order valence-electron chi connectivity index (χ1n) is 12.0. The van der Waals surface area contributed by atoms with E-state index in [0.29, 0.717) is 6.42 Å². The molecule has 0 rings (SSSR count). The summed E-state index contributed by atoms with van der Waals surface area (Å²) in [5.74, 6) is -0.139. The summed E-state index contributed by atoms with van der Waals surface area (Å²) >= 11 is 0. The van der Waals surface area contributed by atoms with Crippen molar-refractivity contribution in [2.75, 3.05) is 6.61 Å². The van der Waals surface area contributed by atoms with Crippen molar-refractivity contribution >= 4 is 5.97 Å². The number of esters is 1. The number of carbonyl (C=O) groups excluding carboxylic acids is 1. The van der Waals surface area contributed by atoms with E-state index in [1.54, 1.807) is 0 Å². The molecule has 3 nitrogen and oxygen atoms in total. The SMILES string of the molecule is CCCCCCCCCCCCCCCCCC(=O)OC(CO)CCCC. The molecular formula is C24H48O3. The van der Waals surface area contributed by atoms with Gasteiger partial charge in [-0.2, -0.15) is 0 Å². The molecule has 1 atom stereocenters. The van der Waals surface area contributed by atoms with Crippen LogP contribution in [0.25, 0.3) is 0 Å². The highest BCUT2D eigenvalue weighted by molar-refractivity contribution is 5.69. The van der Waals surface area contributed by atoms with Gasteiger partial charge in [0.1, 0.15) is 6.10 Å². The summed E-state index contributed by atoms with van der Waals surface area (Å²) in [5, 5.41) is 9.23. The molecule has 0 saturated heterocycles. The first kappa shape index (κ1) is 26.4. The lowest BCUT2D eigenvalue weighted by atomic mass is 10.0. The fraction of sp³-hybridized carbons (Fsp3) is 0.958. The van der Waals surface area contributed by atoms with Crippen LogP contribution in [0.1, 0.15) is 136 Å². The summed E-state index contributed by atoms with van der Waals surface area (Å²) in [4.78, 5) is 11.8. The van der Waals surface area contributed by atoms with E-state index in [2.05, 4.69) is 13.8 Å². The van der Waals surface area contributed by atoms with Crippen LogP contribution < -0.4 is 0 Å². The standard InChI is InChI=1S/C24H48O3/c1-3-5-7-8-9-10-11-12-13-14-15-16-17-18-19-21-24(26)27-23(22-25)20-6-4-2/h23,25H,3-22H2,1-2H3. The Balaban J connectivity index is 3.27. The molecule has 1 unspecified atom stereocenters. The lowest BCUT2D eigenvalue weighted by Crippen LogP contribution is -2.21. The number of hydrogen-bond donors (Lipinski definition) is 1. The largest absolute Gasteiger partial charge is 0.460 e. The maximum Gasteiger partial charge on any atom is 0.306 e. The van der Waals surface area contributed by atoms with Crippen LogP contribution in [-0.2, 0) is 9.53 Å². The molecular weight excluding hydrogens is 336 g/mol. The third kappa shape index (κ3) is 20.0. The second kappa shape index (κ2) is 21.7. The molecule has 0 aliphatic rings. The Kier molecular flexibility index (Phi) is 21.3. The molecule has 1 N–H and O–H groups in total. The molecule has 0 spiro atoms. The molecule has 0 fully saturated rings. The van der Waals surface area contributed by atoms with Crippen LogP contribution in [0.4, 0.5) is 0 Å². The van der Waals surface area contributed by atoms with Gasteiger partial charge in [-0.15, -0.1) is 0 Å². The van der Waals surface area contributed by atoms with Crippen molar-refractivity contribution in [1.82, 2.24) is 0 Å². The number of hydrogen-bond acceptors (Lipinski definition) is 3. The van der Waals surface area contributed by atoms with Crippen molar-refractivity contribution in [2.24, 2.45) is 0 Å². The molecule has 0 aromatic rings. The second-order valence-electron chi connectivity index (χ2n) is 8.14. The van der Waals surface area contributed by atoms with Crippen LogP contribution in [0.15, 0.2) is 0 Å². The highest BCUT2D eigenvalue weighted by Crippen LogP contribution is 2.14. The summed E-state index contributed by atoms with van der Waals surface area (Å²) in [5.41, 5.74) is 0. The molecule has 0 bridgehead atoms. The zero-order chi connectivity index (χ0) is 20.0. The van der Waals surface area contributed by atoms with E-state index in [4.69, 9.17) is 4.74 Å². The van der Waals surface area contributed by atoms with Gasteiger partial charge in [0, 0.05) is 6.42 Å². The van der Waals surface area contributed by atoms with Gasteiger partial charge in [-0.1, -0.05) is 110 Å². The maximum absolute atomic E-state index is 11.8. The van der Waals surface area contributed by atoms with Crippen LogP contribution in [0.5, 0.6) is 0 Å². The minimum absolute atomic E-state index is 0.0510. The molecule has 0 radical (unpaired) electrons. The smallest absolute Gasteiger partial charge is 0.306 e. The van der Waals surface area contributed by atoms with Crippen molar-refractivity contribution in [2.45, 2.75) is 142 Å². The Morgan fingerprint density at radius 1 is 0.667 bits per heavy atom. The Bertz CT molecular complexity index is 304. The van der Waals surface area contributed by atoms with Gasteiger partial charge in [-0.05, 0) is 19.3 Å². The molecule has 0 amide bonds. The molecule has 27 heavy (non-hydrogen) atoms. The highest BCUT2D eigenvalue weighted by atomic mass is 16.5. The van der Waals surface area contributed by atoms with Gasteiger partial charge in [0.15, 0.2) is 0 Å². The van der Waals surface area contributed by atoms with Gasteiger partial charge in [-0.25, -0.2) is 0 Å². The van der Waals surface area contributed by atoms with Crippen LogP contribution in [0.3, 0.4) is 0 Å². The minimum Gasteiger partial charge on any atom is -0.460 e. The van der Waals surface area contributed by atoms with E-state index in [0.717, 1.165) is 32.1 Å². The van der Waals surface area contributed by atoms with E-state index in [-0.39, 0.29) is 18.7 Å². The zero-order valence-electron chi connectivity index (χ0n) is 18.5. The molecule has 0 heterocycles. The van der Waals surface area contributed by atoms with E-state index < -0.39 is 0 Å². The van der Waals surface area contributed by atoms with Crippen molar-refractivity contribution in [3.05, 3.63) is 0 Å². The van der Waals surface area contributed by atoms with Gasteiger partial charge < -0.3 is 9.84 Å². The zero-order valence-corrected chi connectivity index (χ0v) is 18.5. The van der Waals surface area contributed by atoms with Gasteiger partial charge >= 0.3 is 5.97 Å². The number of ether oxygens (including phenoxy) is 1. The van der Waals surface area contributed by atoms with Crippen LogP contribution >= 0.6 is 0 Å². The molecule has 0 aliphatic heterocycles. The summed E-state index contributed by atoms with van der Waals surface area (Å²) in [6.45, 7) is 4.33. The average Bonchev–Trinajstić information content (AvgIpc) is 2.68. The topological polar surface area (TPSA) is 46.5 Å². The average molecular weight is 385 g/mol. The Morgan fingerprint density at radius 3 is 1.48 bits per heavy atom. The lowest BCUT2D eigenvalue weighted by molar-refractivity contribution is -0.151. The Labute approximate surface area is 169 Å². The third-order valence-electron chi connectivity index (χ3n) is 5.37. The third-order valence-corrected chi connectivity index (χ3v) is 5.37. The summed E-state index contributed by atoms with van der Waals surface area (Å²) < 4.78 is 5.33. The summed E-state index contributed by atoms with van der Waals surface area (Å²) in [6, 6.07) is 0. The van der Waals surface area contributed by atoms with E-state index in [1.807, 2.05) is 0 Å². The minimum atomic E-state index is -0.297. The molecule has 3 heteroatoms. The predicted molar refractivity (Wildman–Crippen MR) is 116 cm³/mol. The molecule has 0 aliphatic carbocycles. The van der Waals surface area contributed by atoms with E-state index >= 15 is 0 Å². The fourth-order valence-corrected chi connectivity index (χ4v) is 3.50. The fourth-order valence-electron chi connectivity index (χ4n) is 3.50. The summed E-state index contributed by atoms with van der Waals surface area (Å²) in [6.07, 6.45) is 23.0. The first-order valence-corrected chi connectivity index (χ1v) is 12.0. The maximum atomic E-state index is 11.8. The molecule has 162 valence electrons. The van der Waals surface area contributed by atoms with Crippen molar-refractivity contribution in [3.8, 4) is 0 Å². The second-order valence-corrected chi connectivity index (χ2v) is 8.14. The lowest BCUT2D eigenvalue weighted by Gasteiger charge is -2.15. The quantitative estimate of drug-likeness (QED) is 0.166. The van der Waals surface area contributed by atoms with Crippen molar-refractivity contribution in [1.29, 1.82) is 0 Å². The molecule has 0 aromatic heterocycles. The van der Waals surface area contributed by atoms with Gasteiger partial charge in [0.05, 0.1) is 6.61 Å². The highest BCUT2D eigenvalue weighted by Gasteiger charge is 2.12. The van der Waals surface area contributed by atoms with Gasteiger partial charge in [0.2, 0.25) is 0 Å². The Hall–Kier alpha value is -0.570. The molecule has 0 aromatic carbocycles. The van der Waals surface area contributed by atoms with Gasteiger partial charge in [-0.3, -0.25) is 4.79 Å². The van der Waals surface area contributed by atoms with Crippen LogP contribution in [-0.4, -0.2) is 23.8 Å². The monoisotopic (exact) mass is 384 g/mol. The Morgan fingerprint density at radius 2 is 1.07 bits per heavy atom. The number of unbranched alkanes of at least 4 members (excludes halogenated alkanes) is 15. The van der Waals surface area contributed by atoms with Crippen LogP contribution in [0, 0.1) is 0 Å².